The molecule has 106 valence electrons. The van der Waals surface area contributed by atoms with Crippen molar-refractivity contribution < 1.29 is 9.47 Å². The third kappa shape index (κ3) is 3.63. The average Bonchev–Trinajstić information content (AvgIpc) is 2.31. The lowest BCUT2D eigenvalue weighted by molar-refractivity contribution is 0.232. The molecule has 0 saturated carbocycles. The van der Waals surface area contributed by atoms with Crippen LogP contribution in [-0.4, -0.2) is 11.1 Å². The molecule has 0 spiro atoms. The molecular formula is C16H20N2O2. The number of nitrogens with zero attached hydrogens (tertiary/aromatic N) is 1. The number of hydrogen-bond donors (Lipinski definition) is 1. The number of anilines is 1. The van der Waals surface area contributed by atoms with Crippen LogP contribution in [0.5, 0.6) is 17.5 Å². The Morgan fingerprint density at radius 1 is 1.05 bits per heavy atom. The van der Waals surface area contributed by atoms with Crippen molar-refractivity contribution in [1.29, 1.82) is 0 Å². The molecule has 0 bridgehead atoms. The van der Waals surface area contributed by atoms with Crippen LogP contribution in [0.1, 0.15) is 25.0 Å². The third-order valence-corrected chi connectivity index (χ3v) is 2.63. The topological polar surface area (TPSA) is 57.4 Å². The van der Waals surface area contributed by atoms with Crippen LogP contribution in [0.2, 0.25) is 0 Å². The van der Waals surface area contributed by atoms with Gasteiger partial charge in [-0.1, -0.05) is 6.07 Å². The number of nitrogen functional groups attached to an aromatic ring is 1. The van der Waals surface area contributed by atoms with Gasteiger partial charge in [0, 0.05) is 6.07 Å². The van der Waals surface area contributed by atoms with Gasteiger partial charge in [0.1, 0.15) is 5.75 Å². The van der Waals surface area contributed by atoms with Crippen molar-refractivity contribution in [3.05, 3.63) is 41.5 Å². The molecule has 2 rings (SSSR count). The zero-order valence-corrected chi connectivity index (χ0v) is 12.3. The summed E-state index contributed by atoms with van der Waals surface area (Å²) in [7, 11) is 0. The highest BCUT2D eigenvalue weighted by Crippen LogP contribution is 2.27. The Labute approximate surface area is 119 Å². The van der Waals surface area contributed by atoms with E-state index in [2.05, 4.69) is 11.1 Å². The van der Waals surface area contributed by atoms with Crippen LogP contribution < -0.4 is 15.2 Å². The van der Waals surface area contributed by atoms with Gasteiger partial charge in [-0.05, 0) is 57.0 Å². The summed E-state index contributed by atoms with van der Waals surface area (Å²) in [6.45, 7) is 7.92. The number of hydrogen-bond acceptors (Lipinski definition) is 4. The van der Waals surface area contributed by atoms with Crippen LogP contribution in [0.3, 0.4) is 0 Å². The standard InChI is InChI=1S/C16H20N2O2/c1-10(2)19-16-14(17)5-6-15(18-16)20-13-8-11(3)7-12(4)9-13/h5-10H,17H2,1-4H3. The number of benzene rings is 1. The molecule has 1 aromatic heterocycles. The highest BCUT2D eigenvalue weighted by molar-refractivity contribution is 5.50. The summed E-state index contributed by atoms with van der Waals surface area (Å²) in [5.41, 5.74) is 8.64. The van der Waals surface area contributed by atoms with Gasteiger partial charge in [-0.2, -0.15) is 4.98 Å². The molecule has 0 aliphatic carbocycles. The number of ether oxygens (including phenoxy) is 2. The zero-order valence-electron chi connectivity index (χ0n) is 12.3. The molecule has 0 radical (unpaired) electrons. The van der Waals surface area contributed by atoms with Crippen molar-refractivity contribution in [2.24, 2.45) is 0 Å². The summed E-state index contributed by atoms with van der Waals surface area (Å²) in [4.78, 5) is 4.30. The lowest BCUT2D eigenvalue weighted by atomic mass is 10.1. The van der Waals surface area contributed by atoms with Gasteiger partial charge in [0.25, 0.3) is 0 Å². The molecule has 4 heteroatoms. The number of pyridine rings is 1. The maximum Gasteiger partial charge on any atom is 0.240 e. The highest BCUT2D eigenvalue weighted by atomic mass is 16.5. The largest absolute Gasteiger partial charge is 0.473 e. The van der Waals surface area contributed by atoms with Crippen molar-refractivity contribution in [2.45, 2.75) is 33.8 Å². The minimum atomic E-state index is 0.0151. The Morgan fingerprint density at radius 2 is 1.70 bits per heavy atom. The smallest absolute Gasteiger partial charge is 0.240 e. The van der Waals surface area contributed by atoms with E-state index < -0.39 is 0 Å². The SMILES string of the molecule is Cc1cc(C)cc(Oc2ccc(N)c(OC(C)C)n2)c1. The number of rotatable bonds is 4. The second kappa shape index (κ2) is 5.82. The molecule has 1 aromatic carbocycles. The molecule has 0 fully saturated rings. The summed E-state index contributed by atoms with van der Waals surface area (Å²) in [5, 5.41) is 0. The fourth-order valence-electron chi connectivity index (χ4n) is 1.92. The molecule has 20 heavy (non-hydrogen) atoms. The first-order chi connectivity index (χ1) is 9.44. The maximum atomic E-state index is 5.84. The molecule has 2 N–H and O–H groups in total. The number of nitrogens with two attached hydrogens (primary N) is 1. The van der Waals surface area contributed by atoms with Crippen molar-refractivity contribution >= 4 is 5.69 Å². The summed E-state index contributed by atoms with van der Waals surface area (Å²) in [5.74, 6) is 1.64. The van der Waals surface area contributed by atoms with E-state index in [1.165, 1.54) is 0 Å². The number of aromatic nitrogens is 1. The summed E-state index contributed by atoms with van der Waals surface area (Å²) >= 11 is 0. The fraction of sp³-hybridized carbons (Fsp3) is 0.312. The van der Waals surface area contributed by atoms with Crippen LogP contribution in [0.4, 0.5) is 5.69 Å². The Kier molecular flexibility index (Phi) is 4.13. The summed E-state index contributed by atoms with van der Waals surface area (Å²) in [6, 6.07) is 9.50. The second-order valence-electron chi connectivity index (χ2n) is 5.14. The first-order valence-corrected chi connectivity index (χ1v) is 6.63. The quantitative estimate of drug-likeness (QED) is 0.918. The van der Waals surface area contributed by atoms with Gasteiger partial charge in [0.05, 0.1) is 11.8 Å². The van der Waals surface area contributed by atoms with E-state index in [0.29, 0.717) is 17.4 Å². The van der Waals surface area contributed by atoms with Gasteiger partial charge in [-0.15, -0.1) is 0 Å². The lowest BCUT2D eigenvalue weighted by Gasteiger charge is -2.13. The van der Waals surface area contributed by atoms with E-state index >= 15 is 0 Å². The van der Waals surface area contributed by atoms with Crippen molar-refractivity contribution in [2.75, 3.05) is 5.73 Å². The molecule has 0 saturated heterocycles. The average molecular weight is 272 g/mol. The van der Waals surface area contributed by atoms with Gasteiger partial charge >= 0.3 is 0 Å². The Balaban J connectivity index is 2.25. The van der Waals surface area contributed by atoms with Crippen LogP contribution in [-0.2, 0) is 0 Å². The van der Waals surface area contributed by atoms with Crippen LogP contribution in [0.15, 0.2) is 30.3 Å². The van der Waals surface area contributed by atoms with Crippen LogP contribution in [0.25, 0.3) is 0 Å². The van der Waals surface area contributed by atoms with Crippen LogP contribution in [0, 0.1) is 13.8 Å². The Morgan fingerprint density at radius 3 is 2.30 bits per heavy atom. The minimum absolute atomic E-state index is 0.0151. The van der Waals surface area contributed by atoms with Gasteiger partial charge in [0.15, 0.2) is 0 Å². The third-order valence-electron chi connectivity index (χ3n) is 2.63. The Hall–Kier alpha value is -2.23. The lowest BCUT2D eigenvalue weighted by Crippen LogP contribution is -2.09. The van der Waals surface area contributed by atoms with E-state index in [0.717, 1.165) is 16.9 Å². The van der Waals surface area contributed by atoms with Crippen molar-refractivity contribution in [1.82, 2.24) is 4.98 Å². The molecule has 1 heterocycles. The molecular weight excluding hydrogens is 252 g/mol. The highest BCUT2D eigenvalue weighted by Gasteiger charge is 2.08. The molecule has 0 aliphatic rings. The monoisotopic (exact) mass is 272 g/mol. The van der Waals surface area contributed by atoms with Gasteiger partial charge < -0.3 is 15.2 Å². The number of aryl methyl sites for hydroxylation is 2. The normalized spacial score (nSPS) is 10.7. The molecule has 0 unspecified atom stereocenters. The molecule has 0 amide bonds. The van der Waals surface area contributed by atoms with Crippen molar-refractivity contribution in [3.63, 3.8) is 0 Å². The van der Waals surface area contributed by atoms with E-state index in [4.69, 9.17) is 15.2 Å². The van der Waals surface area contributed by atoms with E-state index in [-0.39, 0.29) is 6.10 Å². The maximum absolute atomic E-state index is 5.84. The van der Waals surface area contributed by atoms with E-state index in [1.807, 2.05) is 39.8 Å². The van der Waals surface area contributed by atoms with Crippen LogP contribution >= 0.6 is 0 Å². The second-order valence-corrected chi connectivity index (χ2v) is 5.14. The summed E-state index contributed by atoms with van der Waals surface area (Å²) in [6.07, 6.45) is 0.0151. The predicted molar refractivity (Wildman–Crippen MR) is 80.4 cm³/mol. The molecule has 0 aliphatic heterocycles. The molecule has 4 nitrogen and oxygen atoms in total. The Bertz CT molecular complexity index is 589. The fourth-order valence-corrected chi connectivity index (χ4v) is 1.92. The summed E-state index contributed by atoms with van der Waals surface area (Å²) < 4.78 is 11.3. The first-order valence-electron chi connectivity index (χ1n) is 6.63. The molecule has 0 atom stereocenters. The van der Waals surface area contributed by atoms with Gasteiger partial charge in [-0.25, -0.2) is 0 Å². The first kappa shape index (κ1) is 14.2. The zero-order chi connectivity index (χ0) is 14.7. The van der Waals surface area contributed by atoms with Crippen molar-refractivity contribution in [3.8, 4) is 17.5 Å². The van der Waals surface area contributed by atoms with Gasteiger partial charge in [-0.3, -0.25) is 0 Å². The van der Waals surface area contributed by atoms with Gasteiger partial charge in [0.2, 0.25) is 11.8 Å². The predicted octanol–water partition coefficient (Wildman–Crippen LogP) is 3.86. The minimum Gasteiger partial charge on any atom is -0.473 e. The molecule has 2 aromatic rings. The van der Waals surface area contributed by atoms with E-state index in [1.54, 1.807) is 12.1 Å². The van der Waals surface area contributed by atoms with E-state index in [9.17, 15) is 0 Å².